The lowest BCUT2D eigenvalue weighted by molar-refractivity contribution is -0.145. The maximum Gasteiger partial charge on any atom is 0.320 e. The molecule has 0 aliphatic carbocycles. The van der Waals surface area contributed by atoms with Gasteiger partial charge in [0.25, 0.3) is 0 Å². The molecule has 0 bridgehead atoms. The van der Waals surface area contributed by atoms with Crippen molar-refractivity contribution in [2.75, 3.05) is 39.8 Å². The fraction of sp³-hybridized carbons (Fsp3) is 0.296. The van der Waals surface area contributed by atoms with Crippen LogP contribution >= 0.6 is 15.9 Å². The van der Waals surface area contributed by atoms with Crippen LogP contribution in [-0.4, -0.2) is 45.4 Å². The van der Waals surface area contributed by atoms with Gasteiger partial charge in [-0.3, -0.25) is 9.69 Å². The van der Waals surface area contributed by atoms with Crippen molar-refractivity contribution in [3.05, 3.63) is 81.8 Å². The number of fused-ring (bicyclic) bond motifs is 1. The standard InChI is InChI=1S/C27H29BrN2O5/c1-5-35-24(31)16-30-25(17-9-7-6-8-10-17)20-15-19(28)11-12-21(20)29-27(30)18-13-22(32-2)26(34-4)23(14-18)33-3/h6-15,25,27,29H,5,16H2,1-4H3/t25-,27-/m1/s1. The first kappa shape index (κ1) is 24.9. The molecule has 1 heterocycles. The highest BCUT2D eigenvalue weighted by atomic mass is 79.9. The van der Waals surface area contributed by atoms with Crippen molar-refractivity contribution in [3.63, 3.8) is 0 Å². The van der Waals surface area contributed by atoms with E-state index in [0.717, 1.165) is 26.9 Å². The second kappa shape index (κ2) is 11.0. The minimum Gasteiger partial charge on any atom is -0.493 e. The minimum absolute atomic E-state index is 0.0771. The second-order valence-corrected chi connectivity index (χ2v) is 8.94. The summed E-state index contributed by atoms with van der Waals surface area (Å²) in [6.45, 7) is 2.20. The van der Waals surface area contributed by atoms with E-state index in [2.05, 4.69) is 44.3 Å². The van der Waals surface area contributed by atoms with E-state index in [0.29, 0.717) is 23.9 Å². The number of anilines is 1. The predicted molar refractivity (Wildman–Crippen MR) is 138 cm³/mol. The highest BCUT2D eigenvalue weighted by Crippen LogP contribution is 2.47. The number of rotatable bonds is 8. The maximum absolute atomic E-state index is 12.8. The highest BCUT2D eigenvalue weighted by molar-refractivity contribution is 9.10. The molecule has 8 heteroatoms. The SMILES string of the molecule is CCOC(=O)CN1[C@H](c2ccccc2)c2cc(Br)ccc2N[C@H]1c1cc(OC)c(OC)c(OC)c1. The van der Waals surface area contributed by atoms with Crippen LogP contribution in [0.1, 0.15) is 35.8 Å². The van der Waals surface area contributed by atoms with E-state index < -0.39 is 0 Å². The molecule has 0 unspecified atom stereocenters. The zero-order valence-corrected chi connectivity index (χ0v) is 21.8. The largest absolute Gasteiger partial charge is 0.493 e. The number of carbonyl (C=O) groups is 1. The van der Waals surface area contributed by atoms with Gasteiger partial charge in [0.05, 0.1) is 40.5 Å². The van der Waals surface area contributed by atoms with Gasteiger partial charge < -0.3 is 24.3 Å². The molecular formula is C27H29BrN2O5. The number of methoxy groups -OCH3 is 3. The van der Waals surface area contributed by atoms with Gasteiger partial charge in [-0.05, 0) is 53.9 Å². The van der Waals surface area contributed by atoms with E-state index in [4.69, 9.17) is 18.9 Å². The van der Waals surface area contributed by atoms with Crippen LogP contribution < -0.4 is 19.5 Å². The molecule has 0 spiro atoms. The second-order valence-electron chi connectivity index (χ2n) is 8.03. The predicted octanol–water partition coefficient (Wildman–Crippen LogP) is 5.55. The Hall–Kier alpha value is -3.23. The first-order valence-corrected chi connectivity index (χ1v) is 12.1. The van der Waals surface area contributed by atoms with Gasteiger partial charge in [-0.15, -0.1) is 0 Å². The summed E-state index contributed by atoms with van der Waals surface area (Å²) in [4.78, 5) is 14.9. The van der Waals surface area contributed by atoms with Gasteiger partial charge in [0.1, 0.15) is 6.17 Å². The average Bonchev–Trinajstić information content (AvgIpc) is 2.88. The normalized spacial score (nSPS) is 17.2. The summed E-state index contributed by atoms with van der Waals surface area (Å²) in [6, 6.07) is 19.9. The van der Waals surface area contributed by atoms with Crippen LogP contribution in [0.15, 0.2) is 65.1 Å². The highest BCUT2D eigenvalue weighted by Gasteiger charge is 2.38. The molecule has 0 amide bonds. The summed E-state index contributed by atoms with van der Waals surface area (Å²) >= 11 is 3.61. The van der Waals surface area contributed by atoms with Gasteiger partial charge in [-0.25, -0.2) is 0 Å². The van der Waals surface area contributed by atoms with E-state index in [1.54, 1.807) is 21.3 Å². The number of hydrogen-bond acceptors (Lipinski definition) is 7. The van der Waals surface area contributed by atoms with E-state index in [9.17, 15) is 4.79 Å². The Kier molecular flexibility index (Phi) is 7.83. The summed E-state index contributed by atoms with van der Waals surface area (Å²) in [5.41, 5.74) is 3.95. The monoisotopic (exact) mass is 540 g/mol. The van der Waals surface area contributed by atoms with Gasteiger partial charge in [-0.2, -0.15) is 0 Å². The molecular weight excluding hydrogens is 512 g/mol. The van der Waals surface area contributed by atoms with Crippen molar-refractivity contribution in [1.82, 2.24) is 4.90 Å². The van der Waals surface area contributed by atoms with Crippen molar-refractivity contribution < 1.29 is 23.7 Å². The Balaban J connectivity index is 1.92. The Morgan fingerprint density at radius 3 is 2.23 bits per heavy atom. The molecule has 1 aliphatic heterocycles. The van der Waals surface area contributed by atoms with E-state index in [1.165, 1.54) is 0 Å². The molecule has 2 atom stereocenters. The Morgan fingerprint density at radius 2 is 1.63 bits per heavy atom. The van der Waals surface area contributed by atoms with Gasteiger partial charge in [-0.1, -0.05) is 46.3 Å². The summed E-state index contributed by atoms with van der Waals surface area (Å²) < 4.78 is 23.1. The van der Waals surface area contributed by atoms with Gasteiger partial charge in [0, 0.05) is 10.2 Å². The summed E-state index contributed by atoms with van der Waals surface area (Å²) in [5, 5.41) is 3.62. The minimum atomic E-state index is -0.382. The molecule has 1 N–H and O–H groups in total. The number of halogens is 1. The lowest BCUT2D eigenvalue weighted by Gasteiger charge is -2.44. The molecule has 3 aromatic carbocycles. The Bertz CT molecular complexity index is 1160. The zero-order chi connectivity index (χ0) is 24.9. The molecule has 35 heavy (non-hydrogen) atoms. The number of nitrogens with one attached hydrogen (secondary N) is 1. The first-order chi connectivity index (χ1) is 17.0. The molecule has 4 rings (SSSR count). The molecule has 0 saturated carbocycles. The van der Waals surface area contributed by atoms with Gasteiger partial charge in [0.2, 0.25) is 5.75 Å². The average molecular weight is 541 g/mol. The van der Waals surface area contributed by atoms with Crippen LogP contribution in [0.2, 0.25) is 0 Å². The van der Waals surface area contributed by atoms with Crippen molar-refractivity contribution in [1.29, 1.82) is 0 Å². The topological polar surface area (TPSA) is 69.3 Å². The number of nitrogens with zero attached hydrogens (tertiary/aromatic N) is 1. The fourth-order valence-corrected chi connectivity index (χ4v) is 4.91. The Labute approximate surface area is 214 Å². The van der Waals surface area contributed by atoms with Crippen LogP contribution in [0.4, 0.5) is 5.69 Å². The molecule has 3 aromatic rings. The number of carbonyl (C=O) groups excluding carboxylic acids is 1. The fourth-order valence-electron chi connectivity index (χ4n) is 4.53. The third kappa shape index (κ3) is 5.09. The first-order valence-electron chi connectivity index (χ1n) is 11.3. The molecule has 0 aromatic heterocycles. The summed E-state index contributed by atoms with van der Waals surface area (Å²) in [6.07, 6.45) is -0.382. The number of benzene rings is 3. The van der Waals surface area contributed by atoms with Gasteiger partial charge in [0.15, 0.2) is 11.5 Å². The van der Waals surface area contributed by atoms with Crippen molar-refractivity contribution in [2.45, 2.75) is 19.1 Å². The van der Waals surface area contributed by atoms with Crippen LogP contribution in [0, 0.1) is 0 Å². The zero-order valence-electron chi connectivity index (χ0n) is 20.2. The van der Waals surface area contributed by atoms with Crippen LogP contribution in [0.3, 0.4) is 0 Å². The number of hydrogen-bond donors (Lipinski definition) is 1. The smallest absolute Gasteiger partial charge is 0.320 e. The molecule has 0 radical (unpaired) electrons. The maximum atomic E-state index is 12.8. The van der Waals surface area contributed by atoms with E-state index >= 15 is 0 Å². The van der Waals surface area contributed by atoms with E-state index in [-0.39, 0.29) is 24.7 Å². The molecule has 1 aliphatic rings. The lowest BCUT2D eigenvalue weighted by atomic mass is 9.91. The Morgan fingerprint density at radius 1 is 0.943 bits per heavy atom. The van der Waals surface area contributed by atoms with Crippen molar-refractivity contribution in [2.24, 2.45) is 0 Å². The molecule has 7 nitrogen and oxygen atoms in total. The lowest BCUT2D eigenvalue weighted by Crippen LogP contribution is -2.44. The van der Waals surface area contributed by atoms with Crippen LogP contribution in [0.5, 0.6) is 17.2 Å². The summed E-state index contributed by atoms with van der Waals surface area (Å²) in [7, 11) is 4.75. The van der Waals surface area contributed by atoms with Crippen LogP contribution in [0.25, 0.3) is 0 Å². The molecule has 0 saturated heterocycles. The molecule has 0 fully saturated rings. The third-order valence-corrected chi connectivity index (χ3v) is 6.49. The van der Waals surface area contributed by atoms with E-state index in [1.807, 2.05) is 49.4 Å². The van der Waals surface area contributed by atoms with Gasteiger partial charge >= 0.3 is 5.97 Å². The third-order valence-electron chi connectivity index (χ3n) is 6.00. The van der Waals surface area contributed by atoms with Crippen molar-refractivity contribution in [3.8, 4) is 17.2 Å². The van der Waals surface area contributed by atoms with Crippen molar-refractivity contribution >= 4 is 27.6 Å². The number of ether oxygens (including phenoxy) is 4. The van der Waals surface area contributed by atoms with Crippen LogP contribution in [-0.2, 0) is 9.53 Å². The number of esters is 1. The quantitative estimate of drug-likeness (QED) is 0.375. The molecule has 184 valence electrons. The summed E-state index contributed by atoms with van der Waals surface area (Å²) in [5.74, 6) is 1.29.